The number of rotatable bonds is 4. The molecule has 1 heterocycles. The number of nitrogens with two attached hydrogens (primary N) is 1. The van der Waals surface area contributed by atoms with Crippen molar-refractivity contribution in [2.45, 2.75) is 51.0 Å². The summed E-state index contributed by atoms with van der Waals surface area (Å²) in [5.74, 6) is 0.990. The minimum Gasteiger partial charge on any atom is -0.326 e. The molecule has 1 saturated carbocycles. The van der Waals surface area contributed by atoms with Gasteiger partial charge in [-0.25, -0.2) is 0 Å². The largest absolute Gasteiger partial charge is 0.326 e. The van der Waals surface area contributed by atoms with E-state index >= 15 is 0 Å². The van der Waals surface area contributed by atoms with Gasteiger partial charge in [0.1, 0.15) is 0 Å². The minimum atomic E-state index is -0.146. The summed E-state index contributed by atoms with van der Waals surface area (Å²) < 4.78 is 0. The molecule has 0 atom stereocenters. The molecule has 2 aromatic rings. The molecule has 5 heteroatoms. The van der Waals surface area contributed by atoms with E-state index in [0.717, 1.165) is 11.3 Å². The van der Waals surface area contributed by atoms with E-state index < -0.39 is 0 Å². The monoisotopic (exact) mass is 312 g/mol. The zero-order valence-corrected chi connectivity index (χ0v) is 13.3. The molecule has 1 aromatic heterocycles. The molecule has 3 rings (SSSR count). The van der Waals surface area contributed by atoms with Crippen LogP contribution in [-0.2, 0) is 6.54 Å². The van der Waals surface area contributed by atoms with Crippen LogP contribution in [0.5, 0.6) is 0 Å². The van der Waals surface area contributed by atoms with Crippen LogP contribution in [-0.4, -0.2) is 16.1 Å². The molecule has 0 bridgehead atoms. The van der Waals surface area contributed by atoms with Crippen molar-refractivity contribution >= 4 is 11.7 Å². The highest BCUT2D eigenvalue weighted by Gasteiger charge is 2.17. The van der Waals surface area contributed by atoms with Crippen molar-refractivity contribution in [2.24, 2.45) is 5.73 Å². The van der Waals surface area contributed by atoms with Gasteiger partial charge in [0.25, 0.3) is 5.91 Å². The lowest BCUT2D eigenvalue weighted by atomic mass is 9.97. The first kappa shape index (κ1) is 15.7. The summed E-state index contributed by atoms with van der Waals surface area (Å²) >= 11 is 0. The lowest BCUT2D eigenvalue weighted by Gasteiger charge is -2.10. The van der Waals surface area contributed by atoms with Crippen LogP contribution < -0.4 is 11.1 Å². The van der Waals surface area contributed by atoms with Crippen LogP contribution in [0.15, 0.2) is 30.3 Å². The molecule has 122 valence electrons. The highest BCUT2D eigenvalue weighted by Crippen LogP contribution is 2.31. The Hall–Kier alpha value is -2.14. The van der Waals surface area contributed by atoms with Gasteiger partial charge in [-0.05, 0) is 30.5 Å². The number of benzene rings is 1. The number of nitrogens with one attached hydrogen (secondary N) is 2. The third-order valence-electron chi connectivity index (χ3n) is 4.59. The Bertz CT molecular complexity index is 639. The highest BCUT2D eigenvalue weighted by molar-refractivity contribution is 6.03. The Balaban J connectivity index is 1.64. The Morgan fingerprint density at radius 2 is 1.87 bits per heavy atom. The number of aromatic amines is 1. The number of carbonyl (C=O) groups excluding carboxylic acids is 1. The fourth-order valence-electron chi connectivity index (χ4n) is 3.18. The molecular formula is C18H24N4O. The molecule has 1 fully saturated rings. The Morgan fingerprint density at radius 3 is 2.52 bits per heavy atom. The number of amides is 1. The highest BCUT2D eigenvalue weighted by atomic mass is 16.1. The van der Waals surface area contributed by atoms with Gasteiger partial charge in [-0.3, -0.25) is 9.89 Å². The number of hydrogen-bond acceptors (Lipinski definition) is 3. The Kier molecular flexibility index (Phi) is 5.08. The van der Waals surface area contributed by atoms with E-state index in [9.17, 15) is 4.79 Å². The number of carbonyl (C=O) groups is 1. The van der Waals surface area contributed by atoms with Gasteiger partial charge >= 0.3 is 0 Å². The maximum Gasteiger partial charge on any atom is 0.256 e. The predicted molar refractivity (Wildman–Crippen MR) is 91.3 cm³/mol. The van der Waals surface area contributed by atoms with E-state index in [0.29, 0.717) is 23.8 Å². The molecule has 0 unspecified atom stereocenters. The van der Waals surface area contributed by atoms with Crippen LogP contribution in [0.25, 0.3) is 0 Å². The molecule has 1 amide bonds. The van der Waals surface area contributed by atoms with Gasteiger partial charge < -0.3 is 11.1 Å². The summed E-state index contributed by atoms with van der Waals surface area (Å²) in [6.07, 6.45) is 7.62. The van der Waals surface area contributed by atoms with E-state index in [1.807, 2.05) is 18.2 Å². The molecule has 0 spiro atoms. The molecule has 23 heavy (non-hydrogen) atoms. The second-order valence-electron chi connectivity index (χ2n) is 6.25. The zero-order chi connectivity index (χ0) is 16.1. The van der Waals surface area contributed by atoms with Crippen molar-refractivity contribution in [1.82, 2.24) is 10.2 Å². The van der Waals surface area contributed by atoms with E-state index in [1.165, 1.54) is 38.5 Å². The summed E-state index contributed by atoms with van der Waals surface area (Å²) in [6, 6.07) is 9.29. The van der Waals surface area contributed by atoms with Crippen LogP contribution in [0.3, 0.4) is 0 Å². The number of H-pyrrole nitrogens is 1. The number of aromatic nitrogens is 2. The van der Waals surface area contributed by atoms with Gasteiger partial charge in [0.2, 0.25) is 0 Å². The Labute approximate surface area is 136 Å². The zero-order valence-electron chi connectivity index (χ0n) is 13.3. The first-order valence-corrected chi connectivity index (χ1v) is 8.42. The molecule has 1 aliphatic rings. The fraction of sp³-hybridized carbons (Fsp3) is 0.444. The van der Waals surface area contributed by atoms with Gasteiger partial charge in [-0.2, -0.15) is 5.10 Å². The molecule has 1 aromatic carbocycles. The topological polar surface area (TPSA) is 83.8 Å². The molecular weight excluding hydrogens is 288 g/mol. The van der Waals surface area contributed by atoms with Crippen LogP contribution >= 0.6 is 0 Å². The average molecular weight is 312 g/mol. The second-order valence-corrected chi connectivity index (χ2v) is 6.25. The fourth-order valence-corrected chi connectivity index (χ4v) is 3.18. The Morgan fingerprint density at radius 1 is 1.17 bits per heavy atom. The van der Waals surface area contributed by atoms with Gasteiger partial charge in [0.05, 0.1) is 0 Å². The maximum absolute atomic E-state index is 12.3. The lowest BCUT2D eigenvalue weighted by molar-refractivity contribution is 0.102. The third-order valence-corrected chi connectivity index (χ3v) is 4.59. The van der Waals surface area contributed by atoms with E-state index in [1.54, 1.807) is 12.1 Å². The van der Waals surface area contributed by atoms with Crippen molar-refractivity contribution in [3.05, 3.63) is 47.2 Å². The lowest BCUT2D eigenvalue weighted by Crippen LogP contribution is -2.12. The average Bonchev–Trinajstić information content (AvgIpc) is 2.87. The van der Waals surface area contributed by atoms with Crippen LogP contribution in [0.4, 0.5) is 5.82 Å². The van der Waals surface area contributed by atoms with Crippen LogP contribution in [0, 0.1) is 0 Å². The van der Waals surface area contributed by atoms with Crippen molar-refractivity contribution in [1.29, 1.82) is 0 Å². The van der Waals surface area contributed by atoms with Gasteiger partial charge in [-0.1, -0.05) is 37.8 Å². The summed E-state index contributed by atoms with van der Waals surface area (Å²) in [7, 11) is 0. The van der Waals surface area contributed by atoms with Gasteiger partial charge in [-0.15, -0.1) is 0 Å². The molecule has 1 aliphatic carbocycles. The quantitative estimate of drug-likeness (QED) is 0.755. The smallest absolute Gasteiger partial charge is 0.256 e. The normalized spacial score (nSPS) is 16.0. The standard InChI is InChI=1S/C18H24N4O/c19-12-13-7-9-15(10-8-13)18(23)20-17-11-16(21-22-17)14-5-3-1-2-4-6-14/h7-11,14H,1-6,12,19H2,(H2,20,21,22,23). The van der Waals surface area contributed by atoms with E-state index in [4.69, 9.17) is 5.73 Å². The van der Waals surface area contributed by atoms with Gasteiger partial charge in [0, 0.05) is 29.8 Å². The molecule has 0 radical (unpaired) electrons. The van der Waals surface area contributed by atoms with Crippen molar-refractivity contribution < 1.29 is 4.79 Å². The predicted octanol–water partition coefficient (Wildman–Crippen LogP) is 3.56. The second kappa shape index (κ2) is 7.42. The molecule has 0 saturated heterocycles. The van der Waals surface area contributed by atoms with Crippen molar-refractivity contribution in [3.8, 4) is 0 Å². The third kappa shape index (κ3) is 3.99. The molecule has 4 N–H and O–H groups in total. The van der Waals surface area contributed by atoms with Gasteiger partial charge in [0.15, 0.2) is 5.82 Å². The van der Waals surface area contributed by atoms with E-state index in [-0.39, 0.29) is 5.91 Å². The summed E-state index contributed by atoms with van der Waals surface area (Å²) in [5, 5.41) is 10.2. The summed E-state index contributed by atoms with van der Waals surface area (Å²) in [4.78, 5) is 12.3. The van der Waals surface area contributed by atoms with Crippen molar-refractivity contribution in [3.63, 3.8) is 0 Å². The number of anilines is 1. The SMILES string of the molecule is NCc1ccc(C(=O)Nc2cc(C3CCCCCC3)[nH]n2)cc1. The first-order valence-electron chi connectivity index (χ1n) is 8.42. The molecule has 0 aliphatic heterocycles. The van der Waals surface area contributed by atoms with E-state index in [2.05, 4.69) is 15.5 Å². The van der Waals surface area contributed by atoms with Crippen LogP contribution in [0.2, 0.25) is 0 Å². The maximum atomic E-state index is 12.3. The first-order chi connectivity index (χ1) is 11.3. The van der Waals surface area contributed by atoms with Crippen molar-refractivity contribution in [2.75, 3.05) is 5.32 Å². The summed E-state index contributed by atoms with van der Waals surface area (Å²) in [5.41, 5.74) is 8.33. The number of hydrogen-bond donors (Lipinski definition) is 3. The summed E-state index contributed by atoms with van der Waals surface area (Å²) in [6.45, 7) is 0.478. The minimum absolute atomic E-state index is 0.146. The number of nitrogens with zero attached hydrogens (tertiary/aromatic N) is 1. The van der Waals surface area contributed by atoms with Crippen LogP contribution in [0.1, 0.15) is 66.1 Å². The molecule has 5 nitrogen and oxygen atoms in total.